The third-order valence-electron chi connectivity index (χ3n) is 4.41. The van der Waals surface area contributed by atoms with Crippen molar-refractivity contribution in [3.8, 4) is 0 Å². The monoisotopic (exact) mass is 420 g/mol. The van der Waals surface area contributed by atoms with Crippen LogP contribution in [0, 0.1) is 0 Å². The maximum atomic E-state index is 12.9. The average Bonchev–Trinajstić information content (AvgIpc) is 2.99. The van der Waals surface area contributed by atoms with E-state index < -0.39 is 23.4 Å². The second-order valence-corrected chi connectivity index (χ2v) is 8.17. The summed E-state index contributed by atoms with van der Waals surface area (Å²) < 4.78 is 9.67. The maximum absolute atomic E-state index is 12.9. The summed E-state index contributed by atoms with van der Waals surface area (Å²) in [7, 11) is 8.46. The fraction of sp³-hybridized carbons (Fsp3) is 0.368. The minimum Gasteiger partial charge on any atom is -0.433 e. The normalized spacial score (nSPS) is 12.9. The maximum Gasteiger partial charge on any atom is 0.363 e. The van der Waals surface area contributed by atoms with Crippen LogP contribution in [-0.2, 0) is 23.6 Å². The smallest absolute Gasteiger partial charge is 0.363 e. The molecule has 9 nitrogen and oxygen atoms in total. The molecular formula is C19H23ClN5O4+. The molecule has 0 aliphatic carbocycles. The van der Waals surface area contributed by atoms with Gasteiger partial charge < -0.3 is 9.22 Å². The summed E-state index contributed by atoms with van der Waals surface area (Å²) >= 11 is 6.37. The Bertz CT molecular complexity index is 1190. The molecule has 3 rings (SSSR count). The summed E-state index contributed by atoms with van der Waals surface area (Å²) in [4.78, 5) is 41.9. The molecule has 0 radical (unpaired) electrons. The van der Waals surface area contributed by atoms with Gasteiger partial charge in [0.15, 0.2) is 17.7 Å². The standard InChI is InChI=1S/C19H23ClN5O4/c1-22-15-14(16(27)23(2)19(22)28)24(18(20)21-15)17(12-9-7-6-8-10-12)29-13(26)11-25(3,4)5/h6-10,17H,11H2,1-5H3/q+1. The van der Waals surface area contributed by atoms with Crippen molar-refractivity contribution >= 4 is 28.7 Å². The Labute approximate surface area is 171 Å². The van der Waals surface area contributed by atoms with Crippen LogP contribution in [0.5, 0.6) is 0 Å². The quantitative estimate of drug-likeness (QED) is 0.347. The van der Waals surface area contributed by atoms with Gasteiger partial charge in [0.1, 0.15) is 0 Å². The Morgan fingerprint density at radius 2 is 1.76 bits per heavy atom. The van der Waals surface area contributed by atoms with Gasteiger partial charge in [0.05, 0.1) is 21.1 Å². The van der Waals surface area contributed by atoms with Gasteiger partial charge in [-0.2, -0.15) is 4.98 Å². The first-order valence-electron chi connectivity index (χ1n) is 8.89. The first-order valence-corrected chi connectivity index (χ1v) is 9.27. The molecule has 29 heavy (non-hydrogen) atoms. The third kappa shape index (κ3) is 3.96. The van der Waals surface area contributed by atoms with Crippen molar-refractivity contribution in [1.82, 2.24) is 18.7 Å². The number of carbonyl (C=O) groups excluding carboxylic acids is 1. The summed E-state index contributed by atoms with van der Waals surface area (Å²) in [5.74, 6) is -0.467. The number of ether oxygens (including phenoxy) is 1. The van der Waals surface area contributed by atoms with Crippen molar-refractivity contribution < 1.29 is 14.0 Å². The van der Waals surface area contributed by atoms with Crippen LogP contribution in [0.2, 0.25) is 5.28 Å². The first kappa shape index (κ1) is 20.8. The minimum absolute atomic E-state index is 0.0646. The van der Waals surface area contributed by atoms with Crippen molar-refractivity contribution in [2.45, 2.75) is 6.23 Å². The number of imidazole rings is 1. The number of fused-ring (bicyclic) bond motifs is 1. The summed E-state index contributed by atoms with van der Waals surface area (Å²) in [5, 5.41) is -0.0646. The van der Waals surface area contributed by atoms with Gasteiger partial charge in [-0.25, -0.2) is 9.59 Å². The van der Waals surface area contributed by atoms with E-state index in [2.05, 4.69) is 4.98 Å². The molecule has 0 aliphatic heterocycles. The highest BCUT2D eigenvalue weighted by molar-refractivity contribution is 6.29. The van der Waals surface area contributed by atoms with Gasteiger partial charge in [-0.3, -0.25) is 18.5 Å². The Morgan fingerprint density at radius 1 is 1.14 bits per heavy atom. The lowest BCUT2D eigenvalue weighted by atomic mass is 10.2. The van der Waals surface area contributed by atoms with Gasteiger partial charge in [0.25, 0.3) is 5.56 Å². The van der Waals surface area contributed by atoms with Gasteiger partial charge in [-0.15, -0.1) is 0 Å². The predicted octanol–water partition coefficient (Wildman–Crippen LogP) is 0.883. The second kappa shape index (κ2) is 7.49. The third-order valence-corrected chi connectivity index (χ3v) is 4.68. The van der Waals surface area contributed by atoms with E-state index >= 15 is 0 Å². The SMILES string of the molecule is Cn1c(=O)c2c(nc(Cl)n2C(OC(=O)C[N+](C)(C)C)c2ccccc2)n(C)c1=O. The zero-order chi connectivity index (χ0) is 21.5. The summed E-state index contributed by atoms with van der Waals surface area (Å²) in [5.41, 5.74) is -0.300. The number of rotatable bonds is 5. The number of hydrogen-bond donors (Lipinski definition) is 0. The Hall–Kier alpha value is -2.91. The topological polar surface area (TPSA) is 88.1 Å². The molecule has 0 aliphatic rings. The zero-order valence-electron chi connectivity index (χ0n) is 16.9. The van der Waals surface area contributed by atoms with Crippen molar-refractivity contribution in [2.75, 3.05) is 27.7 Å². The number of esters is 1. The summed E-state index contributed by atoms with van der Waals surface area (Å²) in [6.45, 7) is 0.115. The van der Waals surface area contributed by atoms with E-state index in [1.807, 2.05) is 27.2 Å². The molecule has 10 heteroatoms. The van der Waals surface area contributed by atoms with Gasteiger partial charge in [-0.05, 0) is 11.6 Å². The number of aryl methyl sites for hydroxylation is 1. The zero-order valence-corrected chi connectivity index (χ0v) is 17.7. The minimum atomic E-state index is -1.02. The van der Waals surface area contributed by atoms with E-state index in [1.54, 1.807) is 24.3 Å². The number of aromatic nitrogens is 4. The van der Waals surface area contributed by atoms with Crippen LogP contribution in [0.4, 0.5) is 0 Å². The summed E-state index contributed by atoms with van der Waals surface area (Å²) in [6, 6.07) is 8.93. The molecule has 0 spiro atoms. The van der Waals surface area contributed by atoms with E-state index in [9.17, 15) is 14.4 Å². The number of carbonyl (C=O) groups is 1. The number of halogens is 1. The van der Waals surface area contributed by atoms with Crippen molar-refractivity contribution in [3.63, 3.8) is 0 Å². The van der Waals surface area contributed by atoms with Crippen LogP contribution < -0.4 is 11.2 Å². The lowest BCUT2D eigenvalue weighted by Crippen LogP contribution is -2.41. The molecule has 0 bridgehead atoms. The lowest BCUT2D eigenvalue weighted by Gasteiger charge is -2.25. The van der Waals surface area contributed by atoms with E-state index in [-0.39, 0.29) is 23.0 Å². The fourth-order valence-electron chi connectivity index (χ4n) is 3.04. The highest BCUT2D eigenvalue weighted by atomic mass is 35.5. The lowest BCUT2D eigenvalue weighted by molar-refractivity contribution is -0.862. The highest BCUT2D eigenvalue weighted by Crippen LogP contribution is 2.28. The molecule has 0 amide bonds. The number of hydrogen-bond acceptors (Lipinski definition) is 5. The van der Waals surface area contributed by atoms with Gasteiger partial charge in [-0.1, -0.05) is 30.3 Å². The van der Waals surface area contributed by atoms with Gasteiger partial charge in [0.2, 0.25) is 11.5 Å². The average molecular weight is 421 g/mol. The van der Waals surface area contributed by atoms with Crippen LogP contribution in [-0.4, -0.2) is 56.8 Å². The molecule has 1 unspecified atom stereocenters. The number of nitrogens with zero attached hydrogens (tertiary/aromatic N) is 5. The van der Waals surface area contributed by atoms with Crippen molar-refractivity contribution in [1.29, 1.82) is 0 Å². The molecule has 2 aromatic heterocycles. The van der Waals surface area contributed by atoms with E-state index in [4.69, 9.17) is 16.3 Å². The van der Waals surface area contributed by atoms with Crippen LogP contribution in [0.3, 0.4) is 0 Å². The van der Waals surface area contributed by atoms with Crippen molar-refractivity contribution in [2.24, 2.45) is 14.1 Å². The van der Waals surface area contributed by atoms with E-state index in [0.717, 1.165) is 4.57 Å². The largest absolute Gasteiger partial charge is 0.433 e. The van der Waals surface area contributed by atoms with Crippen molar-refractivity contribution in [3.05, 3.63) is 62.0 Å². The van der Waals surface area contributed by atoms with E-state index in [1.165, 1.54) is 23.2 Å². The molecule has 0 saturated heterocycles. The van der Waals surface area contributed by atoms with Crippen LogP contribution >= 0.6 is 11.6 Å². The molecule has 2 heterocycles. The first-order chi connectivity index (χ1) is 13.5. The Kier molecular flexibility index (Phi) is 5.38. The van der Waals surface area contributed by atoms with Crippen LogP contribution in [0.1, 0.15) is 11.8 Å². The highest BCUT2D eigenvalue weighted by Gasteiger charge is 2.29. The van der Waals surface area contributed by atoms with E-state index in [0.29, 0.717) is 10.0 Å². The summed E-state index contributed by atoms with van der Waals surface area (Å²) in [6.07, 6.45) is -1.02. The number of likely N-dealkylation sites (N-methyl/N-ethyl adjacent to an activating group) is 1. The second-order valence-electron chi connectivity index (χ2n) is 7.83. The molecular weight excluding hydrogens is 398 g/mol. The van der Waals surface area contributed by atoms with Crippen LogP contribution in [0.25, 0.3) is 11.2 Å². The predicted molar refractivity (Wildman–Crippen MR) is 109 cm³/mol. The Morgan fingerprint density at radius 3 is 2.34 bits per heavy atom. The van der Waals surface area contributed by atoms with Gasteiger partial charge in [0, 0.05) is 19.7 Å². The number of quaternary nitrogens is 1. The molecule has 0 fully saturated rings. The van der Waals surface area contributed by atoms with Crippen LogP contribution in [0.15, 0.2) is 39.9 Å². The molecule has 3 aromatic rings. The number of benzene rings is 1. The molecule has 1 atom stereocenters. The molecule has 1 aromatic carbocycles. The fourth-order valence-corrected chi connectivity index (χ4v) is 3.29. The molecule has 0 N–H and O–H groups in total. The molecule has 0 saturated carbocycles. The van der Waals surface area contributed by atoms with Gasteiger partial charge >= 0.3 is 11.7 Å². The molecule has 154 valence electrons. The Balaban J connectivity index is 2.25.